The van der Waals surface area contributed by atoms with Crippen molar-refractivity contribution in [2.75, 3.05) is 24.5 Å². The first-order valence-corrected chi connectivity index (χ1v) is 18.6. The minimum atomic E-state index is -4.38. The summed E-state index contributed by atoms with van der Waals surface area (Å²) in [6.45, 7) is 1.68. The number of rotatable bonds is 11. The molecule has 12 nitrogen and oxygen atoms in total. The molecule has 2 aliphatic rings. The molecule has 0 saturated heterocycles. The summed E-state index contributed by atoms with van der Waals surface area (Å²) in [6.07, 6.45) is 8.60. The van der Waals surface area contributed by atoms with Crippen molar-refractivity contribution in [1.29, 1.82) is 0 Å². The van der Waals surface area contributed by atoms with Crippen LogP contribution in [0.3, 0.4) is 0 Å². The zero-order chi connectivity index (χ0) is 33.8. The quantitative estimate of drug-likeness (QED) is 0.0684. The maximum absolute atomic E-state index is 13.4. The molecule has 0 bridgehead atoms. The lowest BCUT2D eigenvalue weighted by Crippen LogP contribution is -2.43. The van der Waals surface area contributed by atoms with Crippen LogP contribution in [-0.4, -0.2) is 54.0 Å². The monoisotopic (exact) mass is 719 g/mol. The molecular formula is C31H31N2O10S4+. The van der Waals surface area contributed by atoms with Crippen LogP contribution in [0.15, 0.2) is 93.9 Å². The van der Waals surface area contributed by atoms with Gasteiger partial charge in [0.2, 0.25) is 16.6 Å². The van der Waals surface area contributed by atoms with E-state index < -0.39 is 44.4 Å². The topological polar surface area (TPSA) is 161 Å². The number of carbonyl (C=O) groups excluding carboxylic acids is 2. The first-order valence-electron chi connectivity index (χ1n) is 14.1. The molecule has 1 aromatic heterocycles. The molecule has 1 aliphatic carbocycles. The normalized spacial score (nSPS) is 20.5. The van der Waals surface area contributed by atoms with Crippen LogP contribution in [-0.2, 0) is 50.5 Å². The number of anilines is 1. The summed E-state index contributed by atoms with van der Waals surface area (Å²) in [4.78, 5) is 29.4. The highest BCUT2D eigenvalue weighted by atomic mass is 32.2. The molecule has 0 amide bonds. The van der Waals surface area contributed by atoms with Gasteiger partial charge in [0.1, 0.15) is 10.6 Å². The van der Waals surface area contributed by atoms with Crippen LogP contribution in [0.4, 0.5) is 5.69 Å². The minimum Gasteiger partial charge on any atom is -0.468 e. The number of benzene rings is 2. The molecule has 2 N–H and O–H groups in total. The standard InChI is InChI=1S/C31H30N2O10S4/c1-3-42-30(35)31(29(34)41-2)17-21(12-14-27-32(19-46(37)43-36)23-8-4-6-10-25(23)44-27)16-22(18-31)13-15-28-33(20-47(38,39)40)24-9-5-7-11-26(24)45-28/h4-16H,3,17-20H2,1-2H3,(H-,36,38,39,40)/p+1. The number of esters is 2. The van der Waals surface area contributed by atoms with Gasteiger partial charge in [-0.05, 0) is 55.2 Å². The van der Waals surface area contributed by atoms with Crippen LogP contribution in [0.2, 0.25) is 0 Å². The lowest BCUT2D eigenvalue weighted by Gasteiger charge is -2.32. The Morgan fingerprint density at radius 1 is 1.09 bits per heavy atom. The van der Waals surface area contributed by atoms with Crippen LogP contribution in [0.1, 0.15) is 24.8 Å². The second-order valence-electron chi connectivity index (χ2n) is 10.5. The van der Waals surface area contributed by atoms with Crippen LogP contribution >= 0.6 is 23.1 Å². The third-order valence-corrected chi connectivity index (χ3v) is 10.9. The van der Waals surface area contributed by atoms with Crippen molar-refractivity contribution in [3.05, 3.63) is 94.0 Å². The number of methoxy groups -OCH3 is 1. The first kappa shape index (κ1) is 34.7. The highest BCUT2D eigenvalue weighted by Crippen LogP contribution is 2.47. The molecule has 0 fully saturated rings. The number of para-hydroxylation sites is 2. The second kappa shape index (κ2) is 14.6. The van der Waals surface area contributed by atoms with Gasteiger partial charge in [0.25, 0.3) is 10.9 Å². The van der Waals surface area contributed by atoms with Gasteiger partial charge in [-0.3, -0.25) is 14.1 Å². The van der Waals surface area contributed by atoms with E-state index >= 15 is 0 Å². The Morgan fingerprint density at radius 3 is 2.55 bits per heavy atom. The smallest absolute Gasteiger partial charge is 0.326 e. The zero-order valence-electron chi connectivity index (χ0n) is 25.2. The fourth-order valence-electron chi connectivity index (χ4n) is 5.42. The lowest BCUT2D eigenvalue weighted by atomic mass is 9.71. The van der Waals surface area contributed by atoms with E-state index in [1.54, 1.807) is 48.3 Å². The van der Waals surface area contributed by atoms with E-state index in [4.69, 9.17) is 14.7 Å². The minimum absolute atomic E-state index is 0.0332. The molecule has 5 rings (SSSR count). The van der Waals surface area contributed by atoms with Crippen molar-refractivity contribution in [1.82, 2.24) is 0 Å². The largest absolute Gasteiger partial charge is 0.468 e. The van der Waals surface area contributed by atoms with Crippen LogP contribution < -0.4 is 9.47 Å². The van der Waals surface area contributed by atoms with Gasteiger partial charge >= 0.3 is 22.1 Å². The van der Waals surface area contributed by atoms with Crippen molar-refractivity contribution in [2.24, 2.45) is 5.41 Å². The van der Waals surface area contributed by atoms with Gasteiger partial charge in [-0.2, -0.15) is 13.0 Å². The number of carbonyl (C=O) groups is 2. The van der Waals surface area contributed by atoms with Crippen molar-refractivity contribution >= 4 is 78.2 Å². The number of thiazole rings is 1. The van der Waals surface area contributed by atoms with Crippen molar-refractivity contribution in [3.63, 3.8) is 0 Å². The van der Waals surface area contributed by atoms with Gasteiger partial charge in [-0.1, -0.05) is 65.6 Å². The Labute approximate surface area is 282 Å². The second-order valence-corrected chi connectivity index (χ2v) is 15.1. The number of fused-ring (bicyclic) bond motifs is 2. The van der Waals surface area contributed by atoms with E-state index in [0.29, 0.717) is 26.7 Å². The number of aromatic nitrogens is 1. The fraction of sp³-hybridized carbons (Fsp3) is 0.258. The maximum Gasteiger partial charge on any atom is 0.326 e. The van der Waals surface area contributed by atoms with Gasteiger partial charge < -0.3 is 14.4 Å². The van der Waals surface area contributed by atoms with E-state index in [2.05, 4.69) is 4.33 Å². The van der Waals surface area contributed by atoms with Crippen LogP contribution in [0, 0.1) is 5.41 Å². The summed E-state index contributed by atoms with van der Waals surface area (Å²) < 4.78 is 62.3. The number of hydrogen-bond acceptors (Lipinski definition) is 12. The zero-order valence-corrected chi connectivity index (χ0v) is 28.5. The third kappa shape index (κ3) is 7.75. The van der Waals surface area contributed by atoms with Gasteiger partial charge in [0, 0.05) is 17.0 Å². The summed E-state index contributed by atoms with van der Waals surface area (Å²) in [5.74, 6) is -2.32. The Kier molecular flexibility index (Phi) is 10.8. The van der Waals surface area contributed by atoms with Crippen molar-refractivity contribution < 1.29 is 50.4 Å². The summed E-state index contributed by atoms with van der Waals surface area (Å²) in [6, 6.07) is 14.6. The summed E-state index contributed by atoms with van der Waals surface area (Å²) in [7, 11) is -3.18. The molecule has 0 spiro atoms. The van der Waals surface area contributed by atoms with Crippen molar-refractivity contribution in [3.8, 4) is 0 Å². The van der Waals surface area contributed by atoms with Gasteiger partial charge in [-0.15, -0.1) is 4.33 Å². The predicted octanol–water partition coefficient (Wildman–Crippen LogP) is 4.98. The Balaban J connectivity index is 1.59. The Bertz CT molecular complexity index is 1960. The van der Waals surface area contributed by atoms with E-state index in [9.17, 15) is 26.8 Å². The number of allylic oxidation sites excluding steroid dienone is 6. The average Bonchev–Trinajstić information content (AvgIpc) is 3.58. The number of ether oxygens (including phenoxy) is 2. The van der Waals surface area contributed by atoms with E-state index in [-0.39, 0.29) is 25.3 Å². The maximum atomic E-state index is 13.4. The predicted molar refractivity (Wildman–Crippen MR) is 179 cm³/mol. The van der Waals surface area contributed by atoms with E-state index in [0.717, 1.165) is 15.3 Å². The number of thioether (sulfide) groups is 1. The van der Waals surface area contributed by atoms with Gasteiger partial charge in [0.15, 0.2) is 5.41 Å². The molecule has 248 valence electrons. The molecule has 47 heavy (non-hydrogen) atoms. The molecule has 2 atom stereocenters. The summed E-state index contributed by atoms with van der Waals surface area (Å²) >= 11 is 0.706. The Hall–Kier alpha value is -3.64. The average molecular weight is 720 g/mol. The van der Waals surface area contributed by atoms with Crippen molar-refractivity contribution in [2.45, 2.75) is 30.5 Å². The van der Waals surface area contributed by atoms with Gasteiger partial charge in [0.05, 0.1) is 24.4 Å². The molecule has 2 heterocycles. The Morgan fingerprint density at radius 2 is 1.83 bits per heavy atom. The molecule has 3 aromatic rings. The van der Waals surface area contributed by atoms with E-state index in [1.165, 1.54) is 34.8 Å². The van der Waals surface area contributed by atoms with Crippen LogP contribution in [0.5, 0.6) is 0 Å². The highest BCUT2D eigenvalue weighted by molar-refractivity contribution is 8.03. The third-order valence-electron chi connectivity index (χ3n) is 7.39. The lowest BCUT2D eigenvalue weighted by molar-refractivity contribution is -0.649. The molecule has 1 aliphatic heterocycles. The summed E-state index contributed by atoms with van der Waals surface area (Å²) in [5, 5.41) is 10.1. The molecular weight excluding hydrogens is 689 g/mol. The molecule has 0 radical (unpaired) electrons. The first-order chi connectivity index (χ1) is 22.5. The molecule has 2 unspecified atom stereocenters. The SMILES string of the molecule is CCOC(=O)C1(C(=O)OC)CC(=CC=C2Sc3ccccc3N2CS(=O)OO)C=C(C=Cc2sc3ccccc3[n+]2CS(=O)(=O)O)C1. The number of hydrogen-bond donors (Lipinski definition) is 2. The molecule has 16 heteroatoms. The molecule has 2 aromatic carbocycles. The van der Waals surface area contributed by atoms with E-state index in [1.807, 2.05) is 42.5 Å². The molecule has 0 saturated carbocycles. The fourth-order valence-corrected chi connectivity index (χ4v) is 8.85. The highest BCUT2D eigenvalue weighted by Gasteiger charge is 2.50. The van der Waals surface area contributed by atoms with Gasteiger partial charge in [-0.25, -0.2) is 9.47 Å². The summed E-state index contributed by atoms with van der Waals surface area (Å²) in [5.41, 5.74) is 0.824. The van der Waals surface area contributed by atoms with Crippen LogP contribution in [0.25, 0.3) is 16.3 Å². The number of nitrogens with zero attached hydrogens (tertiary/aromatic N) is 2.